The second-order valence-corrected chi connectivity index (χ2v) is 5.75. The number of benzene rings is 1. The molecule has 2 atom stereocenters. The maximum Gasteiger partial charge on any atom is 0.310 e. The van der Waals surface area contributed by atoms with E-state index in [1.807, 2.05) is 18.2 Å². The maximum atomic E-state index is 12.8. The Hall–Kier alpha value is -2.40. The zero-order valence-corrected chi connectivity index (χ0v) is 13.0. The van der Waals surface area contributed by atoms with Crippen LogP contribution in [0.25, 0.3) is 0 Å². The molecule has 0 aromatic heterocycles. The van der Waals surface area contributed by atoms with Crippen LogP contribution in [0.1, 0.15) is 29.3 Å². The van der Waals surface area contributed by atoms with E-state index in [1.54, 1.807) is 19.1 Å². The fourth-order valence-corrected chi connectivity index (χ4v) is 3.02. The van der Waals surface area contributed by atoms with Gasteiger partial charge in [0.05, 0.1) is 12.0 Å². The molecule has 0 saturated heterocycles. The number of carbonyl (C=O) groups excluding carboxylic acids is 1. The molecule has 0 saturated carbocycles. The van der Waals surface area contributed by atoms with Gasteiger partial charge in [-0.05, 0) is 18.6 Å². The normalized spacial score (nSPS) is 21.6. The second kappa shape index (κ2) is 6.01. The van der Waals surface area contributed by atoms with Crippen LogP contribution < -0.4 is 0 Å². The molecule has 1 aliphatic heterocycles. The number of hydrogen-bond acceptors (Lipinski definition) is 4. The summed E-state index contributed by atoms with van der Waals surface area (Å²) in [5, 5.41) is 9.27. The zero-order valence-electron chi connectivity index (χ0n) is 13.0. The van der Waals surface area contributed by atoms with Crippen LogP contribution in [0.3, 0.4) is 0 Å². The van der Waals surface area contributed by atoms with Gasteiger partial charge < -0.3 is 14.6 Å². The van der Waals surface area contributed by atoms with Crippen molar-refractivity contribution in [1.82, 2.24) is 0 Å². The largest absolute Gasteiger partial charge is 0.488 e. The highest BCUT2D eigenvalue weighted by atomic mass is 16.5. The van der Waals surface area contributed by atoms with Crippen molar-refractivity contribution in [3.8, 4) is 0 Å². The Morgan fingerprint density at radius 3 is 2.83 bits per heavy atom. The minimum atomic E-state index is -0.925. The Balaban J connectivity index is 2.05. The van der Waals surface area contributed by atoms with Crippen LogP contribution in [0.15, 0.2) is 47.2 Å². The molecule has 5 nitrogen and oxygen atoms in total. The number of hydrogen-bond donors (Lipinski definition) is 1. The Morgan fingerprint density at radius 1 is 1.39 bits per heavy atom. The van der Waals surface area contributed by atoms with Crippen LogP contribution in [0.5, 0.6) is 0 Å². The fourth-order valence-electron chi connectivity index (χ4n) is 3.02. The van der Waals surface area contributed by atoms with Crippen LogP contribution in [0.4, 0.5) is 0 Å². The maximum absolute atomic E-state index is 12.8. The first-order valence-electron chi connectivity index (χ1n) is 7.48. The molecule has 1 aromatic carbocycles. The van der Waals surface area contributed by atoms with Crippen molar-refractivity contribution < 1.29 is 24.2 Å². The number of fused-ring (bicyclic) bond motifs is 1. The molecule has 1 aromatic rings. The van der Waals surface area contributed by atoms with Gasteiger partial charge in [-0.1, -0.05) is 24.3 Å². The van der Waals surface area contributed by atoms with Crippen molar-refractivity contribution >= 4 is 11.8 Å². The summed E-state index contributed by atoms with van der Waals surface area (Å²) in [5.74, 6) is -1.24. The molecule has 2 unspecified atom stereocenters. The summed E-state index contributed by atoms with van der Waals surface area (Å²) in [6, 6.07) is 7.35. The predicted octanol–water partition coefficient (Wildman–Crippen LogP) is 2.72. The second-order valence-electron chi connectivity index (χ2n) is 5.75. The highest BCUT2D eigenvalue weighted by Crippen LogP contribution is 2.35. The van der Waals surface area contributed by atoms with Crippen LogP contribution in [0.2, 0.25) is 0 Å². The lowest BCUT2D eigenvalue weighted by Crippen LogP contribution is -2.28. The standard InChI is InChI=1S/C18H18O5/c1-10(18(20)21)13-7-16-14(8-15(13)22-2)17(19)12-6-4-3-5-11(12)9-23-16/h3-7,10,15H,8-9H2,1-2H3,(H,20,21). The van der Waals surface area contributed by atoms with E-state index in [0.29, 0.717) is 35.5 Å². The third kappa shape index (κ3) is 2.68. The number of ether oxygens (including phenoxy) is 2. The third-order valence-corrected chi connectivity index (χ3v) is 4.43. The predicted molar refractivity (Wildman–Crippen MR) is 82.9 cm³/mol. The van der Waals surface area contributed by atoms with Gasteiger partial charge in [0.1, 0.15) is 12.4 Å². The number of Topliss-reactive ketones (excluding diaryl/α,β-unsaturated/α-hetero) is 1. The average molecular weight is 314 g/mol. The average Bonchev–Trinajstić information content (AvgIpc) is 2.70. The first-order chi connectivity index (χ1) is 11.0. The molecule has 0 bridgehead atoms. The highest BCUT2D eigenvalue weighted by molar-refractivity contribution is 6.10. The summed E-state index contributed by atoms with van der Waals surface area (Å²) in [4.78, 5) is 24.1. The minimum Gasteiger partial charge on any atom is -0.488 e. The van der Waals surface area contributed by atoms with Crippen molar-refractivity contribution in [2.75, 3.05) is 7.11 Å². The molecule has 3 rings (SSSR count). The van der Waals surface area contributed by atoms with Gasteiger partial charge in [-0.2, -0.15) is 0 Å². The van der Waals surface area contributed by atoms with Gasteiger partial charge >= 0.3 is 5.97 Å². The van der Waals surface area contributed by atoms with Gasteiger partial charge in [0.2, 0.25) is 0 Å². The summed E-state index contributed by atoms with van der Waals surface area (Å²) < 4.78 is 11.2. The van der Waals surface area contributed by atoms with Gasteiger partial charge in [0, 0.05) is 30.2 Å². The van der Waals surface area contributed by atoms with Crippen LogP contribution in [-0.2, 0) is 20.9 Å². The number of rotatable bonds is 3. The van der Waals surface area contributed by atoms with Gasteiger partial charge in [-0.15, -0.1) is 0 Å². The van der Waals surface area contributed by atoms with Gasteiger partial charge in [0.15, 0.2) is 5.78 Å². The molecule has 23 heavy (non-hydrogen) atoms. The quantitative estimate of drug-likeness (QED) is 0.928. The summed E-state index contributed by atoms with van der Waals surface area (Å²) in [7, 11) is 1.52. The minimum absolute atomic E-state index is 0.0755. The number of carboxylic acid groups (broad SMARTS) is 1. The number of methoxy groups -OCH3 is 1. The molecule has 0 fully saturated rings. The van der Waals surface area contributed by atoms with Gasteiger partial charge in [-0.3, -0.25) is 9.59 Å². The molecule has 1 heterocycles. The van der Waals surface area contributed by atoms with E-state index < -0.39 is 18.0 Å². The number of carboxylic acids is 1. The summed E-state index contributed by atoms with van der Waals surface area (Å²) in [6.45, 7) is 1.91. The first-order valence-corrected chi connectivity index (χ1v) is 7.48. The van der Waals surface area contributed by atoms with Gasteiger partial charge in [-0.25, -0.2) is 0 Å². The molecule has 1 N–H and O–H groups in total. The Kier molecular flexibility index (Phi) is 4.05. The van der Waals surface area contributed by atoms with Crippen LogP contribution in [-0.4, -0.2) is 30.1 Å². The molecular formula is C18H18O5. The number of ketones is 1. The molecular weight excluding hydrogens is 296 g/mol. The summed E-state index contributed by atoms with van der Waals surface area (Å²) in [5.41, 5.74) is 2.64. The van der Waals surface area contributed by atoms with E-state index in [-0.39, 0.29) is 5.78 Å². The van der Waals surface area contributed by atoms with E-state index in [4.69, 9.17) is 9.47 Å². The number of aliphatic carboxylic acids is 1. The number of allylic oxidation sites excluding steroid dienone is 1. The van der Waals surface area contributed by atoms with E-state index in [2.05, 4.69) is 0 Å². The van der Waals surface area contributed by atoms with Crippen molar-refractivity contribution in [2.45, 2.75) is 26.1 Å². The Labute approximate surface area is 134 Å². The molecule has 1 aliphatic carbocycles. The van der Waals surface area contributed by atoms with Crippen LogP contribution in [0, 0.1) is 5.92 Å². The fraction of sp³-hybridized carbons (Fsp3) is 0.333. The topological polar surface area (TPSA) is 72.8 Å². The first kappa shape index (κ1) is 15.5. The molecule has 0 spiro atoms. The van der Waals surface area contributed by atoms with Crippen LogP contribution >= 0.6 is 0 Å². The Bertz CT molecular complexity index is 729. The molecule has 5 heteroatoms. The molecule has 2 aliphatic rings. The Morgan fingerprint density at radius 2 is 2.13 bits per heavy atom. The molecule has 0 radical (unpaired) electrons. The summed E-state index contributed by atoms with van der Waals surface area (Å²) >= 11 is 0. The number of carbonyl (C=O) groups is 2. The van der Waals surface area contributed by atoms with Crippen molar-refractivity contribution in [3.05, 3.63) is 58.4 Å². The van der Waals surface area contributed by atoms with Crippen molar-refractivity contribution in [1.29, 1.82) is 0 Å². The van der Waals surface area contributed by atoms with Crippen molar-refractivity contribution in [3.63, 3.8) is 0 Å². The third-order valence-electron chi connectivity index (χ3n) is 4.43. The monoisotopic (exact) mass is 314 g/mol. The zero-order chi connectivity index (χ0) is 16.6. The summed E-state index contributed by atoms with van der Waals surface area (Å²) in [6.07, 6.45) is 1.55. The van der Waals surface area contributed by atoms with Crippen molar-refractivity contribution in [2.24, 2.45) is 5.92 Å². The molecule has 120 valence electrons. The SMILES string of the molecule is COC1CC2=C(C=C1C(C)C(=O)O)OCc1ccccc1C2=O. The highest BCUT2D eigenvalue weighted by Gasteiger charge is 2.34. The van der Waals surface area contributed by atoms with E-state index in [1.165, 1.54) is 7.11 Å². The van der Waals surface area contributed by atoms with E-state index in [9.17, 15) is 14.7 Å². The van der Waals surface area contributed by atoms with Gasteiger partial charge in [0.25, 0.3) is 0 Å². The lowest BCUT2D eigenvalue weighted by atomic mass is 9.84. The van der Waals surface area contributed by atoms with E-state index >= 15 is 0 Å². The lowest BCUT2D eigenvalue weighted by Gasteiger charge is -2.27. The smallest absolute Gasteiger partial charge is 0.310 e. The lowest BCUT2D eigenvalue weighted by molar-refractivity contribution is -0.140. The van der Waals surface area contributed by atoms with E-state index in [0.717, 1.165) is 5.56 Å². The molecule has 0 amide bonds.